The largest absolute Gasteiger partial charge is 0.297 e. The van der Waals surface area contributed by atoms with Gasteiger partial charge in [-0.1, -0.05) is 0 Å². The second kappa shape index (κ2) is 5.06. The molecule has 20 heavy (non-hydrogen) atoms. The van der Waals surface area contributed by atoms with Gasteiger partial charge in [-0.2, -0.15) is 0 Å². The smallest absolute Gasteiger partial charge is 0.296 e. The lowest BCUT2D eigenvalue weighted by Crippen LogP contribution is -2.07. The normalized spacial score (nSPS) is 11.8. The summed E-state index contributed by atoms with van der Waals surface area (Å²) < 4.78 is 63.7. The minimum atomic E-state index is -4.22. The van der Waals surface area contributed by atoms with Gasteiger partial charge in [0.2, 0.25) is 0 Å². The summed E-state index contributed by atoms with van der Waals surface area (Å²) in [6.07, 6.45) is 0. The third-order valence-corrected chi connectivity index (χ3v) is 3.63. The lowest BCUT2D eigenvalue weighted by molar-refractivity contribution is 0.542. The Hall–Kier alpha value is -1.61. The molecule has 0 fully saturated rings. The fraction of sp³-hybridized carbons (Fsp3) is 0.200. The van der Waals surface area contributed by atoms with Crippen molar-refractivity contribution in [1.82, 2.24) is 14.8 Å². The number of aromatic nitrogens is 3. The zero-order chi connectivity index (χ0) is 15.1. The van der Waals surface area contributed by atoms with Crippen LogP contribution in [-0.4, -0.2) is 23.2 Å². The molecule has 1 aromatic carbocycles. The molecular weight excluding hydrogens is 319 g/mol. The second-order valence-corrected chi connectivity index (χ2v) is 6.19. The molecule has 0 bridgehead atoms. The molecule has 0 N–H and O–H groups in total. The van der Waals surface area contributed by atoms with Gasteiger partial charge >= 0.3 is 0 Å². The van der Waals surface area contributed by atoms with Gasteiger partial charge in [0.15, 0.2) is 5.82 Å². The van der Waals surface area contributed by atoms with Crippen LogP contribution in [0.2, 0.25) is 0 Å². The van der Waals surface area contributed by atoms with Crippen LogP contribution < -0.4 is 0 Å². The van der Waals surface area contributed by atoms with Gasteiger partial charge in [-0.15, -0.1) is 10.2 Å². The SMILES string of the molecule is CCn1c(-c2c(F)cc(F)cc2F)nnc1S(=O)(=O)Cl. The molecule has 0 unspecified atom stereocenters. The molecular formula is C10H7ClF3N3O2S. The van der Waals surface area contributed by atoms with E-state index in [0.717, 1.165) is 4.57 Å². The van der Waals surface area contributed by atoms with Gasteiger partial charge in [0.25, 0.3) is 14.2 Å². The minimum Gasteiger partial charge on any atom is -0.297 e. The van der Waals surface area contributed by atoms with Gasteiger partial charge in [0.1, 0.15) is 17.5 Å². The first kappa shape index (κ1) is 14.8. The summed E-state index contributed by atoms with van der Waals surface area (Å²) in [6.45, 7) is 1.51. The van der Waals surface area contributed by atoms with Crippen LogP contribution in [0.15, 0.2) is 17.3 Å². The molecule has 0 aliphatic rings. The molecule has 5 nitrogen and oxygen atoms in total. The average molecular weight is 326 g/mol. The van der Waals surface area contributed by atoms with E-state index in [-0.39, 0.29) is 12.4 Å². The third-order valence-electron chi connectivity index (χ3n) is 2.48. The van der Waals surface area contributed by atoms with E-state index in [4.69, 9.17) is 10.7 Å². The van der Waals surface area contributed by atoms with E-state index < -0.39 is 37.2 Å². The molecule has 1 aromatic heterocycles. The Kier molecular flexibility index (Phi) is 3.74. The molecule has 2 aromatic rings. The highest BCUT2D eigenvalue weighted by Gasteiger charge is 2.26. The van der Waals surface area contributed by atoms with E-state index >= 15 is 0 Å². The monoisotopic (exact) mass is 325 g/mol. The first-order valence-electron chi connectivity index (χ1n) is 5.28. The van der Waals surface area contributed by atoms with Crippen molar-refractivity contribution in [3.05, 3.63) is 29.6 Å². The molecule has 2 rings (SSSR count). The van der Waals surface area contributed by atoms with Gasteiger partial charge in [-0.25, -0.2) is 21.6 Å². The predicted molar refractivity (Wildman–Crippen MR) is 64.0 cm³/mol. The number of benzene rings is 1. The lowest BCUT2D eigenvalue weighted by Gasteiger charge is -2.07. The Morgan fingerprint density at radius 1 is 1.20 bits per heavy atom. The maximum atomic E-state index is 13.7. The van der Waals surface area contributed by atoms with E-state index in [1.54, 1.807) is 0 Å². The highest BCUT2D eigenvalue weighted by molar-refractivity contribution is 8.13. The Labute approximate surface area is 116 Å². The Bertz CT molecular complexity index is 753. The number of hydrogen-bond acceptors (Lipinski definition) is 4. The molecule has 108 valence electrons. The fourth-order valence-corrected chi connectivity index (χ4v) is 2.65. The Morgan fingerprint density at radius 2 is 1.75 bits per heavy atom. The van der Waals surface area contributed by atoms with E-state index in [9.17, 15) is 21.6 Å². The number of nitrogens with zero attached hydrogens (tertiary/aromatic N) is 3. The molecule has 0 atom stereocenters. The Balaban J connectivity index is 2.75. The summed E-state index contributed by atoms with van der Waals surface area (Å²) >= 11 is 0. The first-order chi connectivity index (χ1) is 9.25. The van der Waals surface area contributed by atoms with Gasteiger partial charge in [0, 0.05) is 29.4 Å². The van der Waals surface area contributed by atoms with Crippen LogP contribution in [0, 0.1) is 17.5 Å². The van der Waals surface area contributed by atoms with Crippen molar-refractivity contribution in [3.63, 3.8) is 0 Å². The van der Waals surface area contributed by atoms with Crippen molar-refractivity contribution in [2.24, 2.45) is 0 Å². The summed E-state index contributed by atoms with van der Waals surface area (Å²) in [6, 6.07) is 0.921. The van der Waals surface area contributed by atoms with Crippen LogP contribution in [0.3, 0.4) is 0 Å². The molecule has 10 heteroatoms. The van der Waals surface area contributed by atoms with Crippen molar-refractivity contribution in [2.45, 2.75) is 18.6 Å². The standard InChI is InChI=1S/C10H7ClF3N3O2S/c1-2-17-9(15-16-10(17)20(11,18)19)8-6(13)3-5(12)4-7(8)14/h3-4H,2H2,1H3. The molecule has 0 aliphatic carbocycles. The topological polar surface area (TPSA) is 64.8 Å². The second-order valence-electron chi connectivity index (χ2n) is 3.73. The molecule has 0 spiro atoms. The van der Waals surface area contributed by atoms with Crippen molar-refractivity contribution in [1.29, 1.82) is 0 Å². The van der Waals surface area contributed by atoms with Crippen molar-refractivity contribution in [3.8, 4) is 11.4 Å². The van der Waals surface area contributed by atoms with E-state index in [0.29, 0.717) is 12.1 Å². The van der Waals surface area contributed by atoms with Crippen LogP contribution in [0.1, 0.15) is 6.92 Å². The number of hydrogen-bond donors (Lipinski definition) is 0. The van der Waals surface area contributed by atoms with Crippen molar-refractivity contribution >= 4 is 19.7 Å². The van der Waals surface area contributed by atoms with Gasteiger partial charge in [-0.05, 0) is 6.92 Å². The van der Waals surface area contributed by atoms with Crippen LogP contribution in [-0.2, 0) is 15.6 Å². The minimum absolute atomic E-state index is 0.000126. The summed E-state index contributed by atoms with van der Waals surface area (Å²) in [7, 11) is 0.925. The fourth-order valence-electron chi connectivity index (χ4n) is 1.69. The molecule has 0 amide bonds. The highest BCUT2D eigenvalue weighted by Crippen LogP contribution is 2.27. The molecule has 1 heterocycles. The number of halogens is 4. The van der Waals surface area contributed by atoms with Gasteiger partial charge in [-0.3, -0.25) is 4.57 Å². The maximum Gasteiger partial charge on any atom is 0.296 e. The van der Waals surface area contributed by atoms with Crippen LogP contribution in [0.4, 0.5) is 13.2 Å². The lowest BCUT2D eigenvalue weighted by atomic mass is 10.2. The Morgan fingerprint density at radius 3 is 2.20 bits per heavy atom. The van der Waals surface area contributed by atoms with Crippen molar-refractivity contribution < 1.29 is 21.6 Å². The summed E-state index contributed by atoms with van der Waals surface area (Å²) in [5.41, 5.74) is -0.674. The van der Waals surface area contributed by atoms with E-state index in [1.165, 1.54) is 6.92 Å². The van der Waals surface area contributed by atoms with Crippen LogP contribution in [0.5, 0.6) is 0 Å². The molecule has 0 saturated carbocycles. The number of rotatable bonds is 3. The predicted octanol–water partition coefficient (Wildman–Crippen LogP) is 2.31. The third kappa shape index (κ3) is 2.50. The van der Waals surface area contributed by atoms with Gasteiger partial charge < -0.3 is 0 Å². The summed E-state index contributed by atoms with van der Waals surface area (Å²) in [5.74, 6) is -3.93. The molecule has 0 aliphatic heterocycles. The van der Waals surface area contributed by atoms with Crippen molar-refractivity contribution in [2.75, 3.05) is 0 Å². The zero-order valence-corrected chi connectivity index (χ0v) is 11.5. The molecule has 0 saturated heterocycles. The molecule has 0 radical (unpaired) electrons. The summed E-state index contributed by atoms with van der Waals surface area (Å²) in [5, 5.41) is 6.09. The van der Waals surface area contributed by atoms with Crippen LogP contribution >= 0.6 is 10.7 Å². The summed E-state index contributed by atoms with van der Waals surface area (Å²) in [4.78, 5) is 0. The van der Waals surface area contributed by atoms with Gasteiger partial charge in [0.05, 0.1) is 5.56 Å². The van der Waals surface area contributed by atoms with E-state index in [1.807, 2.05) is 0 Å². The van der Waals surface area contributed by atoms with E-state index in [2.05, 4.69) is 10.2 Å². The zero-order valence-electron chi connectivity index (χ0n) is 9.94. The first-order valence-corrected chi connectivity index (χ1v) is 7.59. The quantitative estimate of drug-likeness (QED) is 0.812. The van der Waals surface area contributed by atoms with Crippen LogP contribution in [0.25, 0.3) is 11.4 Å². The highest BCUT2D eigenvalue weighted by atomic mass is 35.7. The maximum absolute atomic E-state index is 13.7. The average Bonchev–Trinajstić information content (AvgIpc) is 2.70.